The van der Waals surface area contributed by atoms with E-state index < -0.39 is 17.7 Å². The second-order valence-electron chi connectivity index (χ2n) is 2.34. The van der Waals surface area contributed by atoms with Crippen LogP contribution in [0.1, 0.15) is 20.7 Å². The summed E-state index contributed by atoms with van der Waals surface area (Å²) in [7, 11) is 0. The Hall–Kier alpha value is -1.04. The number of phenols is 1. The first-order valence-corrected chi connectivity index (χ1v) is 3.32. The molecule has 5 nitrogen and oxygen atoms in total. The molecule has 1 aromatic carbocycles. The van der Waals surface area contributed by atoms with Gasteiger partial charge in [0.15, 0.2) is 0 Å². The summed E-state index contributed by atoms with van der Waals surface area (Å²) in [5.74, 6) is -3.06. The molecule has 1 rings (SSSR count). The molecule has 0 saturated carbocycles. The van der Waals surface area contributed by atoms with Gasteiger partial charge in [-0.15, -0.1) is 0 Å². The van der Waals surface area contributed by atoms with E-state index >= 15 is 0 Å². The molecule has 0 aliphatic carbocycles. The summed E-state index contributed by atoms with van der Waals surface area (Å²) in [5.41, 5.74) is -0.465. The van der Waals surface area contributed by atoms with Gasteiger partial charge in [-0.2, -0.15) is 0 Å². The summed E-state index contributed by atoms with van der Waals surface area (Å²) < 4.78 is 0. The predicted molar refractivity (Wildman–Crippen MR) is 49.2 cm³/mol. The number of carbonyl (C=O) groups is 2. The van der Waals surface area contributed by atoms with E-state index in [0.717, 1.165) is 18.2 Å². The van der Waals surface area contributed by atoms with Crippen LogP contribution in [-0.2, 0) is 0 Å². The van der Waals surface area contributed by atoms with Gasteiger partial charge in [-0.25, -0.2) is 9.59 Å². The first-order valence-electron chi connectivity index (χ1n) is 3.32. The quantitative estimate of drug-likeness (QED) is 0.598. The second-order valence-corrected chi connectivity index (χ2v) is 2.34. The molecule has 0 aliphatic heterocycles. The topological polar surface area (TPSA) is 94.8 Å². The maximum atomic E-state index is 10.4. The van der Waals surface area contributed by atoms with Crippen LogP contribution in [0.3, 0.4) is 0 Å². The first-order chi connectivity index (χ1) is 6.02. The van der Waals surface area contributed by atoms with Gasteiger partial charge >= 0.3 is 41.5 Å². The Labute approximate surface area is 101 Å². The fraction of sp³-hybridized carbons (Fsp3) is 0. The van der Waals surface area contributed by atoms with Crippen molar-refractivity contribution < 1.29 is 24.9 Å². The van der Waals surface area contributed by atoms with E-state index in [9.17, 15) is 9.59 Å². The molecule has 0 amide bonds. The Morgan fingerprint density at radius 2 is 1.64 bits per heavy atom. The van der Waals surface area contributed by atoms with Gasteiger partial charge in [-0.05, 0) is 18.2 Å². The first kappa shape index (κ1) is 13.0. The van der Waals surface area contributed by atoms with Crippen LogP contribution in [-0.4, -0.2) is 56.8 Å². The van der Waals surface area contributed by atoms with E-state index in [4.69, 9.17) is 15.3 Å². The minimum absolute atomic E-state index is 0. The molecule has 14 heavy (non-hydrogen) atoms. The van der Waals surface area contributed by atoms with Crippen LogP contribution in [0.2, 0.25) is 0 Å². The monoisotopic (exact) mass is 206 g/mol. The van der Waals surface area contributed by atoms with Crippen molar-refractivity contribution in [3.63, 3.8) is 0 Å². The Morgan fingerprint density at radius 3 is 2.00 bits per heavy atom. The van der Waals surface area contributed by atoms with Crippen molar-refractivity contribution in [2.24, 2.45) is 0 Å². The van der Waals surface area contributed by atoms with E-state index in [1.807, 2.05) is 0 Å². The molecule has 0 bridgehead atoms. The summed E-state index contributed by atoms with van der Waals surface area (Å²) in [6.07, 6.45) is 0. The SMILES string of the molecule is O=C(O)c1ccc(C(=O)O)c(O)c1.[NaH]. The number of carboxylic acids is 2. The van der Waals surface area contributed by atoms with Crippen molar-refractivity contribution in [3.8, 4) is 5.75 Å². The summed E-state index contributed by atoms with van der Waals surface area (Å²) >= 11 is 0. The third kappa shape index (κ3) is 2.73. The predicted octanol–water partition coefficient (Wildman–Crippen LogP) is 0.140. The van der Waals surface area contributed by atoms with Crippen molar-refractivity contribution in [2.75, 3.05) is 0 Å². The molecule has 1 aromatic rings. The van der Waals surface area contributed by atoms with Crippen LogP contribution in [0.15, 0.2) is 18.2 Å². The van der Waals surface area contributed by atoms with E-state index in [1.165, 1.54) is 0 Å². The average Bonchev–Trinajstić information content (AvgIpc) is 2.03. The normalized spacial score (nSPS) is 8.86. The fourth-order valence-electron chi connectivity index (χ4n) is 0.846. The van der Waals surface area contributed by atoms with Crippen molar-refractivity contribution >= 4 is 41.5 Å². The number of aromatic carboxylic acids is 2. The summed E-state index contributed by atoms with van der Waals surface area (Å²) in [6, 6.07) is 3.05. The van der Waals surface area contributed by atoms with Gasteiger partial charge < -0.3 is 15.3 Å². The van der Waals surface area contributed by atoms with Crippen LogP contribution in [0, 0.1) is 0 Å². The molecule has 0 spiro atoms. The Bertz CT molecular complexity index is 374. The minimum atomic E-state index is -1.30. The van der Waals surface area contributed by atoms with Gasteiger partial charge in [0.25, 0.3) is 0 Å². The van der Waals surface area contributed by atoms with E-state index in [-0.39, 0.29) is 40.7 Å². The van der Waals surface area contributed by atoms with Crippen molar-refractivity contribution in [1.29, 1.82) is 0 Å². The molecule has 0 heterocycles. The zero-order valence-corrected chi connectivity index (χ0v) is 6.39. The van der Waals surface area contributed by atoms with E-state index in [0.29, 0.717) is 0 Å². The number of benzene rings is 1. The third-order valence-corrected chi connectivity index (χ3v) is 1.48. The van der Waals surface area contributed by atoms with Crippen LogP contribution >= 0.6 is 0 Å². The standard InChI is InChI=1S/C8H6O5.Na.H/c9-6-3-4(7(10)11)1-2-5(6)8(12)13;;/h1-3,9H,(H,10,11)(H,12,13);;. The Kier molecular flexibility index (Phi) is 4.62. The van der Waals surface area contributed by atoms with Gasteiger partial charge in [0, 0.05) is 0 Å². The molecule has 3 N–H and O–H groups in total. The average molecular weight is 206 g/mol. The summed E-state index contributed by atoms with van der Waals surface area (Å²) in [4.78, 5) is 20.8. The van der Waals surface area contributed by atoms with Crippen LogP contribution in [0.5, 0.6) is 5.75 Å². The number of hydrogen-bond donors (Lipinski definition) is 3. The summed E-state index contributed by atoms with van der Waals surface area (Å²) in [5, 5.41) is 26.0. The Morgan fingerprint density at radius 1 is 1.07 bits per heavy atom. The maximum absolute atomic E-state index is 10.4. The molecule has 0 aromatic heterocycles. The Balaban J connectivity index is 0.00000169. The van der Waals surface area contributed by atoms with Gasteiger partial charge in [0.05, 0.1) is 5.56 Å². The molecular weight excluding hydrogens is 199 g/mol. The number of rotatable bonds is 2. The van der Waals surface area contributed by atoms with Crippen LogP contribution < -0.4 is 0 Å². The molecule has 70 valence electrons. The molecular formula is C8H7NaO5. The van der Waals surface area contributed by atoms with Crippen molar-refractivity contribution in [2.45, 2.75) is 0 Å². The third-order valence-electron chi connectivity index (χ3n) is 1.48. The zero-order chi connectivity index (χ0) is 10.0. The summed E-state index contributed by atoms with van der Waals surface area (Å²) in [6.45, 7) is 0. The molecule has 0 aliphatic rings. The van der Waals surface area contributed by atoms with E-state index in [1.54, 1.807) is 0 Å². The zero-order valence-electron chi connectivity index (χ0n) is 6.39. The van der Waals surface area contributed by atoms with E-state index in [2.05, 4.69) is 0 Å². The van der Waals surface area contributed by atoms with Crippen LogP contribution in [0.25, 0.3) is 0 Å². The molecule has 0 saturated heterocycles. The molecule has 6 heteroatoms. The number of carboxylic acid groups (broad SMARTS) is 2. The van der Waals surface area contributed by atoms with Gasteiger partial charge in [0.1, 0.15) is 11.3 Å². The van der Waals surface area contributed by atoms with Crippen LogP contribution in [0.4, 0.5) is 0 Å². The van der Waals surface area contributed by atoms with Gasteiger partial charge in [-0.3, -0.25) is 0 Å². The van der Waals surface area contributed by atoms with Crippen molar-refractivity contribution in [3.05, 3.63) is 29.3 Å². The second kappa shape index (κ2) is 4.99. The van der Waals surface area contributed by atoms with Crippen molar-refractivity contribution in [1.82, 2.24) is 0 Å². The molecule has 0 atom stereocenters. The fourth-order valence-corrected chi connectivity index (χ4v) is 0.846. The van der Waals surface area contributed by atoms with Gasteiger partial charge in [-0.1, -0.05) is 0 Å². The van der Waals surface area contributed by atoms with Gasteiger partial charge in [0.2, 0.25) is 0 Å². The molecule has 0 radical (unpaired) electrons. The molecule has 0 fully saturated rings. The number of hydrogen-bond acceptors (Lipinski definition) is 3. The number of aromatic hydroxyl groups is 1. The molecule has 0 unspecified atom stereocenters.